The first-order valence-corrected chi connectivity index (χ1v) is 9.54. The molecular formula is C20H29N5O. The number of aromatic nitrogens is 2. The highest BCUT2D eigenvalue weighted by molar-refractivity contribution is 5.79. The zero-order valence-electron chi connectivity index (χ0n) is 15.5. The van der Waals surface area contributed by atoms with Crippen molar-refractivity contribution in [2.45, 2.75) is 32.7 Å². The summed E-state index contributed by atoms with van der Waals surface area (Å²) in [5, 5.41) is 11.1. The molecule has 0 bridgehead atoms. The Labute approximate surface area is 155 Å². The van der Waals surface area contributed by atoms with Gasteiger partial charge in [-0.05, 0) is 44.2 Å². The van der Waals surface area contributed by atoms with Crippen LogP contribution in [0.5, 0.6) is 0 Å². The molecule has 0 unspecified atom stereocenters. The van der Waals surface area contributed by atoms with Crippen molar-refractivity contribution in [3.63, 3.8) is 0 Å². The maximum Gasteiger partial charge on any atom is 0.191 e. The number of hydrogen-bond acceptors (Lipinski definition) is 3. The molecule has 1 aliphatic rings. The van der Waals surface area contributed by atoms with E-state index in [2.05, 4.69) is 27.6 Å². The highest BCUT2D eigenvalue weighted by atomic mass is 16.5. The fourth-order valence-electron chi connectivity index (χ4n) is 2.59. The molecular weight excluding hydrogens is 326 g/mol. The van der Waals surface area contributed by atoms with Crippen LogP contribution < -0.4 is 10.6 Å². The lowest BCUT2D eigenvalue weighted by Gasteiger charge is -2.11. The van der Waals surface area contributed by atoms with Gasteiger partial charge in [0, 0.05) is 38.1 Å². The monoisotopic (exact) mass is 355 g/mol. The van der Waals surface area contributed by atoms with E-state index in [0.717, 1.165) is 55.9 Å². The van der Waals surface area contributed by atoms with Crippen molar-refractivity contribution in [2.24, 2.45) is 10.9 Å². The first-order valence-electron chi connectivity index (χ1n) is 9.54. The van der Waals surface area contributed by atoms with Gasteiger partial charge in [0.25, 0.3) is 0 Å². The minimum absolute atomic E-state index is 0.598. The standard InChI is InChI=1S/C20H29N5O/c1-2-21-20(22-11-6-12-26-16-17-9-10-17)23-13-18-14-24-25(15-18)19-7-4-3-5-8-19/h3-5,7-8,14-15,17H,2,6,9-13,16H2,1H3,(H2,21,22,23). The quantitative estimate of drug-likeness (QED) is 0.391. The number of hydrogen-bond donors (Lipinski definition) is 2. The van der Waals surface area contributed by atoms with Crippen LogP contribution in [0.15, 0.2) is 47.7 Å². The van der Waals surface area contributed by atoms with E-state index in [-0.39, 0.29) is 0 Å². The number of nitrogens with zero attached hydrogens (tertiary/aromatic N) is 3. The molecule has 0 saturated heterocycles. The average Bonchev–Trinajstić information content (AvgIpc) is 3.38. The molecule has 1 heterocycles. The van der Waals surface area contributed by atoms with Crippen LogP contribution in [0.25, 0.3) is 5.69 Å². The SMILES string of the molecule is CCNC(=NCc1cnn(-c2ccccc2)c1)NCCCOCC1CC1. The molecule has 0 spiro atoms. The molecule has 26 heavy (non-hydrogen) atoms. The van der Waals surface area contributed by atoms with Gasteiger partial charge in [-0.1, -0.05) is 18.2 Å². The molecule has 1 aromatic carbocycles. The number of guanidine groups is 1. The summed E-state index contributed by atoms with van der Waals surface area (Å²) in [4.78, 5) is 4.65. The van der Waals surface area contributed by atoms with Crippen molar-refractivity contribution in [3.8, 4) is 5.69 Å². The van der Waals surface area contributed by atoms with Crippen LogP contribution in [-0.4, -0.2) is 42.0 Å². The number of aliphatic imine (C=N–C) groups is 1. The topological polar surface area (TPSA) is 63.5 Å². The highest BCUT2D eigenvalue weighted by Gasteiger charge is 2.20. The Morgan fingerprint density at radius 3 is 2.88 bits per heavy atom. The maximum atomic E-state index is 5.66. The van der Waals surface area contributed by atoms with E-state index < -0.39 is 0 Å². The van der Waals surface area contributed by atoms with Gasteiger partial charge >= 0.3 is 0 Å². The van der Waals surface area contributed by atoms with Gasteiger partial charge in [-0.15, -0.1) is 0 Å². The molecule has 6 heteroatoms. The second kappa shape index (κ2) is 9.97. The van der Waals surface area contributed by atoms with E-state index in [1.165, 1.54) is 12.8 Å². The first kappa shape index (κ1) is 18.5. The summed E-state index contributed by atoms with van der Waals surface area (Å²) in [6, 6.07) is 10.1. The maximum absolute atomic E-state index is 5.66. The lowest BCUT2D eigenvalue weighted by molar-refractivity contribution is 0.123. The molecule has 0 aliphatic heterocycles. The first-order chi connectivity index (χ1) is 12.8. The third-order valence-electron chi connectivity index (χ3n) is 4.23. The van der Waals surface area contributed by atoms with Crippen molar-refractivity contribution in [3.05, 3.63) is 48.3 Å². The smallest absolute Gasteiger partial charge is 0.191 e. The van der Waals surface area contributed by atoms with E-state index in [1.54, 1.807) is 0 Å². The third-order valence-corrected chi connectivity index (χ3v) is 4.23. The van der Waals surface area contributed by atoms with Crippen LogP contribution in [-0.2, 0) is 11.3 Å². The molecule has 2 N–H and O–H groups in total. The summed E-state index contributed by atoms with van der Waals surface area (Å²) in [5.41, 5.74) is 2.14. The third kappa shape index (κ3) is 6.19. The van der Waals surface area contributed by atoms with Crippen LogP contribution >= 0.6 is 0 Å². The van der Waals surface area contributed by atoms with Gasteiger partial charge in [0.15, 0.2) is 5.96 Å². The van der Waals surface area contributed by atoms with Gasteiger partial charge < -0.3 is 15.4 Å². The fraction of sp³-hybridized carbons (Fsp3) is 0.500. The second-order valence-electron chi connectivity index (χ2n) is 6.62. The minimum Gasteiger partial charge on any atom is -0.381 e. The zero-order chi connectivity index (χ0) is 18.0. The van der Waals surface area contributed by atoms with Gasteiger partial charge in [-0.25, -0.2) is 9.67 Å². The van der Waals surface area contributed by atoms with Crippen molar-refractivity contribution in [1.29, 1.82) is 0 Å². The Balaban J connectivity index is 1.43. The van der Waals surface area contributed by atoms with Crippen LogP contribution in [0.4, 0.5) is 0 Å². The molecule has 1 fully saturated rings. The second-order valence-corrected chi connectivity index (χ2v) is 6.62. The fourth-order valence-corrected chi connectivity index (χ4v) is 2.59. The molecule has 2 aromatic rings. The molecule has 3 rings (SSSR count). The largest absolute Gasteiger partial charge is 0.381 e. The van der Waals surface area contributed by atoms with Gasteiger partial charge in [0.1, 0.15) is 0 Å². The lowest BCUT2D eigenvalue weighted by Crippen LogP contribution is -2.38. The number of nitrogens with one attached hydrogen (secondary N) is 2. The molecule has 1 aromatic heterocycles. The van der Waals surface area contributed by atoms with E-state index >= 15 is 0 Å². The zero-order valence-corrected chi connectivity index (χ0v) is 15.5. The molecule has 140 valence electrons. The van der Waals surface area contributed by atoms with E-state index in [9.17, 15) is 0 Å². The van der Waals surface area contributed by atoms with E-state index in [1.807, 2.05) is 47.4 Å². The average molecular weight is 355 g/mol. The molecule has 1 aliphatic carbocycles. The molecule has 6 nitrogen and oxygen atoms in total. The van der Waals surface area contributed by atoms with E-state index in [0.29, 0.717) is 6.54 Å². The predicted octanol–water partition coefficient (Wildman–Crippen LogP) is 2.74. The van der Waals surface area contributed by atoms with Crippen LogP contribution in [0.2, 0.25) is 0 Å². The van der Waals surface area contributed by atoms with Gasteiger partial charge in [0.05, 0.1) is 18.4 Å². The Morgan fingerprint density at radius 2 is 2.12 bits per heavy atom. The van der Waals surface area contributed by atoms with Crippen molar-refractivity contribution >= 4 is 5.96 Å². The Morgan fingerprint density at radius 1 is 1.27 bits per heavy atom. The Hall–Kier alpha value is -2.34. The van der Waals surface area contributed by atoms with Gasteiger partial charge in [-0.2, -0.15) is 5.10 Å². The summed E-state index contributed by atoms with van der Waals surface area (Å²) in [6.07, 6.45) is 7.57. The van der Waals surface area contributed by atoms with Crippen LogP contribution in [0.3, 0.4) is 0 Å². The van der Waals surface area contributed by atoms with Crippen molar-refractivity contribution in [1.82, 2.24) is 20.4 Å². The summed E-state index contributed by atoms with van der Waals surface area (Å²) < 4.78 is 7.54. The molecule has 0 radical (unpaired) electrons. The number of rotatable bonds is 10. The lowest BCUT2D eigenvalue weighted by atomic mass is 10.3. The van der Waals surface area contributed by atoms with Crippen LogP contribution in [0, 0.1) is 5.92 Å². The summed E-state index contributed by atoms with van der Waals surface area (Å²) in [6.45, 7) is 6.11. The van der Waals surface area contributed by atoms with E-state index in [4.69, 9.17) is 4.74 Å². The van der Waals surface area contributed by atoms with Gasteiger partial charge in [-0.3, -0.25) is 0 Å². The number of benzene rings is 1. The number of ether oxygens (including phenoxy) is 1. The Kier molecular flexibility index (Phi) is 7.07. The van der Waals surface area contributed by atoms with Crippen molar-refractivity contribution in [2.75, 3.05) is 26.3 Å². The molecule has 0 atom stereocenters. The van der Waals surface area contributed by atoms with Crippen molar-refractivity contribution < 1.29 is 4.74 Å². The van der Waals surface area contributed by atoms with Crippen LogP contribution in [0.1, 0.15) is 31.7 Å². The summed E-state index contributed by atoms with van der Waals surface area (Å²) in [5.74, 6) is 1.67. The number of para-hydroxylation sites is 1. The van der Waals surface area contributed by atoms with Gasteiger partial charge in [0.2, 0.25) is 0 Å². The highest BCUT2D eigenvalue weighted by Crippen LogP contribution is 2.28. The molecule has 0 amide bonds. The summed E-state index contributed by atoms with van der Waals surface area (Å²) in [7, 11) is 0. The predicted molar refractivity (Wildman–Crippen MR) is 105 cm³/mol. The minimum atomic E-state index is 0.598. The normalized spacial score (nSPS) is 14.4. The Bertz CT molecular complexity index is 679. The summed E-state index contributed by atoms with van der Waals surface area (Å²) >= 11 is 0. The molecule has 1 saturated carbocycles.